The van der Waals surface area contributed by atoms with Gasteiger partial charge in [-0.05, 0) is 62.9 Å². The Kier molecular flexibility index (Phi) is 4.79. The molecule has 4 heterocycles. The van der Waals surface area contributed by atoms with Gasteiger partial charge >= 0.3 is 0 Å². The number of hydrogen-bond donors (Lipinski definition) is 1. The Bertz CT molecular complexity index is 730. The highest BCUT2D eigenvalue weighted by molar-refractivity contribution is 8.00. The topological polar surface area (TPSA) is 83.9 Å². The van der Waals surface area contributed by atoms with Gasteiger partial charge in [0.05, 0.1) is 5.60 Å². The van der Waals surface area contributed by atoms with E-state index in [0.29, 0.717) is 11.9 Å². The maximum absolute atomic E-state index is 11.7. The first-order chi connectivity index (χ1) is 12.5. The minimum atomic E-state index is -4.28. The Morgan fingerprint density at radius 2 is 1.85 bits per heavy atom. The van der Waals surface area contributed by atoms with E-state index in [0.717, 1.165) is 12.3 Å². The van der Waals surface area contributed by atoms with Crippen molar-refractivity contribution in [2.24, 2.45) is 17.3 Å². The Hall–Kier alpha value is -0.150. The van der Waals surface area contributed by atoms with Gasteiger partial charge in [-0.15, -0.1) is 11.8 Å². The molecule has 0 aromatic heterocycles. The molecule has 3 unspecified atom stereocenters. The van der Waals surface area contributed by atoms with Gasteiger partial charge in [-0.3, -0.25) is 9.35 Å². The number of nitrogens with zero attached hydrogens (tertiary/aromatic N) is 1. The maximum atomic E-state index is 11.7. The molecule has 0 amide bonds. The molecule has 0 aromatic rings. The first kappa shape index (κ1) is 20.1. The highest BCUT2D eigenvalue weighted by atomic mass is 32.2. The summed E-state index contributed by atoms with van der Waals surface area (Å²) in [6.45, 7) is 9.56. The molecule has 1 N–H and O–H groups in total. The number of thioether (sulfide) groups is 1. The Balaban J connectivity index is 0.000000134. The zero-order chi connectivity index (χ0) is 19.7. The average Bonchev–Trinajstić information content (AvgIpc) is 3.14. The van der Waals surface area contributed by atoms with Crippen LogP contribution in [-0.2, 0) is 19.6 Å². The summed E-state index contributed by atoms with van der Waals surface area (Å²) in [4.78, 5) is 14.3. The largest absolute Gasteiger partial charge is 0.359 e. The quantitative estimate of drug-likeness (QED) is 0.657. The maximum Gasteiger partial charge on any atom is 0.278 e. The van der Waals surface area contributed by atoms with Crippen molar-refractivity contribution in [1.82, 2.24) is 4.90 Å². The van der Waals surface area contributed by atoms with Crippen LogP contribution in [0, 0.1) is 17.3 Å². The third-order valence-corrected chi connectivity index (χ3v) is 11.1. The molecule has 154 valence electrons. The fourth-order valence-electron chi connectivity index (χ4n) is 6.32. The molecule has 6 aliphatic rings. The van der Waals surface area contributed by atoms with Gasteiger partial charge in [-0.1, -0.05) is 13.8 Å². The van der Waals surface area contributed by atoms with Gasteiger partial charge in [0.25, 0.3) is 10.1 Å². The van der Waals surface area contributed by atoms with Gasteiger partial charge < -0.3 is 9.64 Å². The molecule has 4 atom stereocenters. The summed E-state index contributed by atoms with van der Waals surface area (Å²) in [6.07, 6.45) is 4.04. The number of carbonyl (C=O) groups is 1. The lowest BCUT2D eigenvalue weighted by atomic mass is 9.76. The number of Topliss-reactive ketones (excluding diaryl/α,β-unsaturated/α-hetero) is 1. The van der Waals surface area contributed by atoms with Gasteiger partial charge in [0.15, 0.2) is 10.5 Å². The van der Waals surface area contributed by atoms with Crippen LogP contribution < -0.4 is 0 Å². The second-order valence-electron chi connectivity index (χ2n) is 9.50. The molecule has 8 heteroatoms. The third kappa shape index (κ3) is 2.85. The molecule has 4 aliphatic heterocycles. The van der Waals surface area contributed by atoms with Crippen LogP contribution in [0.25, 0.3) is 0 Å². The van der Waals surface area contributed by atoms with Crippen molar-refractivity contribution >= 4 is 27.7 Å². The monoisotopic (exact) mass is 417 g/mol. The molecule has 6 nitrogen and oxygen atoms in total. The number of carbonyl (C=O) groups excluding carboxylic acids is 1. The fourth-order valence-corrected chi connectivity index (χ4v) is 9.07. The van der Waals surface area contributed by atoms with E-state index in [1.165, 1.54) is 38.2 Å². The van der Waals surface area contributed by atoms with E-state index in [9.17, 15) is 17.8 Å². The molecular formula is C19H31NO5S2. The predicted molar refractivity (Wildman–Crippen MR) is 105 cm³/mol. The van der Waals surface area contributed by atoms with Crippen LogP contribution in [0.3, 0.4) is 0 Å². The molecule has 4 saturated heterocycles. The van der Waals surface area contributed by atoms with E-state index in [4.69, 9.17) is 4.74 Å². The molecule has 2 saturated carbocycles. The summed E-state index contributed by atoms with van der Waals surface area (Å²) in [7, 11) is -4.28. The average molecular weight is 418 g/mol. The van der Waals surface area contributed by atoms with Gasteiger partial charge in [0, 0.05) is 18.7 Å². The van der Waals surface area contributed by atoms with E-state index in [-0.39, 0.29) is 23.7 Å². The van der Waals surface area contributed by atoms with Crippen LogP contribution in [0.15, 0.2) is 0 Å². The van der Waals surface area contributed by atoms with Crippen molar-refractivity contribution in [2.45, 2.75) is 68.7 Å². The molecule has 0 aromatic carbocycles. The zero-order valence-corrected chi connectivity index (χ0v) is 18.1. The Morgan fingerprint density at radius 3 is 2.19 bits per heavy atom. The minimum Gasteiger partial charge on any atom is -0.359 e. The molecule has 1 spiro atoms. The number of piperidine rings is 3. The van der Waals surface area contributed by atoms with E-state index in [2.05, 4.69) is 11.8 Å². The SMILES string of the molecule is CC1(C)C2CC[C@@]1(S(=O)(=O)O)C(=O)C2.CC1OC2(CS1)CN1CCC2CC1. The van der Waals surface area contributed by atoms with Gasteiger partial charge in [0.1, 0.15) is 5.44 Å². The number of hydrogen-bond acceptors (Lipinski definition) is 6. The summed E-state index contributed by atoms with van der Waals surface area (Å²) in [5.41, 5.74) is 0.0682. The first-order valence-electron chi connectivity index (χ1n) is 10.0. The van der Waals surface area contributed by atoms with Gasteiger partial charge in [0.2, 0.25) is 0 Å². The molecule has 6 fully saturated rings. The molecule has 4 bridgehead atoms. The van der Waals surface area contributed by atoms with E-state index in [1.807, 2.05) is 11.8 Å². The smallest absolute Gasteiger partial charge is 0.278 e. The second kappa shape index (κ2) is 6.42. The standard InChI is InChI=1S/C10H17NOS.C9H14O4S/c1-8-12-10(7-13-8)6-11-4-2-9(10)3-5-11;1-8(2)6-3-4-9(8,7(10)5-6)14(11,12)13/h8-9H,2-7H2,1H3;6H,3-5H2,1-2H3,(H,11,12,13)/t;6?,9-/m.1/s1. The lowest BCUT2D eigenvalue weighted by Gasteiger charge is -2.50. The fraction of sp³-hybridized carbons (Fsp3) is 0.947. The Morgan fingerprint density at radius 1 is 1.19 bits per heavy atom. The molecule has 27 heavy (non-hydrogen) atoms. The first-order valence-corrected chi connectivity index (χ1v) is 12.5. The second-order valence-corrected chi connectivity index (χ2v) is 12.4. The van der Waals surface area contributed by atoms with Crippen LogP contribution in [-0.4, -0.2) is 64.8 Å². The molecular weight excluding hydrogens is 386 g/mol. The molecule has 0 radical (unpaired) electrons. The molecule has 6 rings (SSSR count). The summed E-state index contributed by atoms with van der Waals surface area (Å²) in [6, 6.07) is 0. The van der Waals surface area contributed by atoms with Crippen molar-refractivity contribution in [1.29, 1.82) is 0 Å². The van der Waals surface area contributed by atoms with Crippen LogP contribution in [0.1, 0.15) is 52.9 Å². The molecule has 2 aliphatic carbocycles. The van der Waals surface area contributed by atoms with Crippen LogP contribution in [0.2, 0.25) is 0 Å². The van der Waals surface area contributed by atoms with Gasteiger partial charge in [-0.2, -0.15) is 8.42 Å². The zero-order valence-electron chi connectivity index (χ0n) is 16.4. The summed E-state index contributed by atoms with van der Waals surface area (Å²) in [5, 5.41) is 0. The van der Waals surface area contributed by atoms with Crippen molar-refractivity contribution in [3.63, 3.8) is 0 Å². The van der Waals surface area contributed by atoms with Crippen LogP contribution >= 0.6 is 11.8 Å². The lowest BCUT2D eigenvalue weighted by molar-refractivity contribution is -0.133. The van der Waals surface area contributed by atoms with Crippen LogP contribution in [0.5, 0.6) is 0 Å². The minimum absolute atomic E-state index is 0.108. The van der Waals surface area contributed by atoms with Crippen LogP contribution in [0.4, 0.5) is 0 Å². The number of rotatable bonds is 1. The van der Waals surface area contributed by atoms with E-state index < -0.39 is 20.3 Å². The summed E-state index contributed by atoms with van der Waals surface area (Å²) < 4.78 is 36.6. The van der Waals surface area contributed by atoms with E-state index >= 15 is 0 Å². The van der Waals surface area contributed by atoms with Crippen molar-refractivity contribution in [3.05, 3.63) is 0 Å². The highest BCUT2D eigenvalue weighted by Crippen LogP contribution is 2.61. The van der Waals surface area contributed by atoms with Gasteiger partial charge in [-0.25, -0.2) is 0 Å². The highest BCUT2D eigenvalue weighted by Gasteiger charge is 2.70. The summed E-state index contributed by atoms with van der Waals surface area (Å²) >= 11 is 1.99. The third-order valence-electron chi connectivity index (χ3n) is 8.01. The lowest BCUT2D eigenvalue weighted by Crippen LogP contribution is -2.60. The van der Waals surface area contributed by atoms with Crippen molar-refractivity contribution in [2.75, 3.05) is 25.4 Å². The predicted octanol–water partition coefficient (Wildman–Crippen LogP) is 2.58. The van der Waals surface area contributed by atoms with Crippen molar-refractivity contribution in [3.8, 4) is 0 Å². The number of ketones is 1. The number of fused-ring (bicyclic) bond motifs is 4. The number of ether oxygens (including phenoxy) is 1. The normalized spacial score (nSPS) is 47.3. The Labute approximate surface area is 166 Å². The van der Waals surface area contributed by atoms with E-state index in [1.54, 1.807) is 13.8 Å². The van der Waals surface area contributed by atoms with Crippen molar-refractivity contribution < 1.29 is 22.5 Å². The summed E-state index contributed by atoms with van der Waals surface area (Å²) in [5.74, 6) is 1.89.